The van der Waals surface area contributed by atoms with Gasteiger partial charge in [-0.2, -0.15) is 13.1 Å². The van der Waals surface area contributed by atoms with Gasteiger partial charge in [0, 0.05) is 31.2 Å². The highest BCUT2D eigenvalue weighted by Crippen LogP contribution is 2.25. The summed E-state index contributed by atoms with van der Waals surface area (Å²) in [5, 5.41) is 14.2. The average Bonchev–Trinajstić information content (AvgIpc) is 2.43. The summed E-state index contributed by atoms with van der Waals surface area (Å²) >= 11 is 0. The number of likely N-dealkylation sites (N-methyl/N-ethyl adjacent to an activating group) is 1. The van der Waals surface area contributed by atoms with Crippen LogP contribution in [-0.2, 0) is 15.0 Å². The van der Waals surface area contributed by atoms with Crippen LogP contribution >= 0.6 is 0 Å². The monoisotopic (exact) mass is 379 g/mol. The molecule has 0 aromatic carbocycles. The van der Waals surface area contributed by atoms with Gasteiger partial charge in [-0.05, 0) is 33.2 Å². The first-order chi connectivity index (χ1) is 11.6. The molecule has 1 fully saturated rings. The van der Waals surface area contributed by atoms with Crippen LogP contribution in [0.2, 0.25) is 0 Å². The average molecular weight is 379 g/mol. The number of nitrogens with one attached hydrogen (secondary N) is 4. The summed E-state index contributed by atoms with van der Waals surface area (Å²) in [5.41, 5.74) is 0. The van der Waals surface area contributed by atoms with Crippen molar-refractivity contribution in [2.24, 2.45) is 0 Å². The highest BCUT2D eigenvalue weighted by molar-refractivity contribution is 7.87. The first-order valence-electron chi connectivity index (χ1n) is 8.40. The fraction of sp³-hybridized carbons (Fsp3) is 0.857. The lowest BCUT2D eigenvalue weighted by molar-refractivity contribution is -0.139. The van der Waals surface area contributed by atoms with Crippen LogP contribution in [0.4, 0.5) is 4.79 Å². The van der Waals surface area contributed by atoms with Crippen molar-refractivity contribution in [1.29, 1.82) is 0 Å². The van der Waals surface area contributed by atoms with Gasteiger partial charge < -0.3 is 15.7 Å². The molecule has 2 amide bonds. The summed E-state index contributed by atoms with van der Waals surface area (Å²) in [6, 6.07) is -0.391. The number of aliphatic carboxylic acids is 1. The van der Waals surface area contributed by atoms with Gasteiger partial charge >= 0.3 is 12.0 Å². The van der Waals surface area contributed by atoms with Crippen molar-refractivity contribution in [3.8, 4) is 0 Å². The lowest BCUT2D eigenvalue weighted by atomic mass is 9.85. The summed E-state index contributed by atoms with van der Waals surface area (Å²) in [7, 11) is -3.55. The van der Waals surface area contributed by atoms with Gasteiger partial charge in [-0.15, -0.1) is 0 Å². The number of hydrogen-bond acceptors (Lipinski definition) is 5. The second-order valence-electron chi connectivity index (χ2n) is 6.35. The number of carbonyl (C=O) groups excluding carboxylic acids is 1. The van der Waals surface area contributed by atoms with Crippen LogP contribution in [0.5, 0.6) is 0 Å². The zero-order valence-electron chi connectivity index (χ0n) is 14.9. The number of carboxylic acids is 1. The number of hydrogen-bond donors (Lipinski definition) is 5. The Balaban J connectivity index is 2.17. The van der Waals surface area contributed by atoms with Gasteiger partial charge in [-0.3, -0.25) is 9.69 Å². The van der Waals surface area contributed by atoms with E-state index in [9.17, 15) is 18.0 Å². The highest BCUT2D eigenvalue weighted by Gasteiger charge is 2.34. The predicted molar refractivity (Wildman–Crippen MR) is 93.4 cm³/mol. The molecule has 0 aliphatic heterocycles. The topological polar surface area (TPSA) is 140 Å². The molecular formula is C14H29N5O5S. The Morgan fingerprint density at radius 2 is 1.88 bits per heavy atom. The number of carboxylic acid groups (broad SMARTS) is 1. The van der Waals surface area contributed by atoms with E-state index >= 15 is 0 Å². The maximum atomic E-state index is 11.7. The first-order valence-corrected chi connectivity index (χ1v) is 9.88. The fourth-order valence-electron chi connectivity index (χ4n) is 2.63. The third-order valence-corrected chi connectivity index (χ3v) is 5.17. The zero-order chi connectivity index (χ0) is 19.0. The normalized spacial score (nSPS) is 20.4. The number of amides is 2. The Kier molecular flexibility index (Phi) is 8.56. The Morgan fingerprint density at radius 3 is 2.40 bits per heavy atom. The molecule has 0 radical (unpaired) electrons. The van der Waals surface area contributed by atoms with Gasteiger partial charge in [0.2, 0.25) is 0 Å². The van der Waals surface area contributed by atoms with Crippen LogP contribution in [0, 0.1) is 0 Å². The molecule has 0 aromatic rings. The molecule has 1 aliphatic carbocycles. The summed E-state index contributed by atoms with van der Waals surface area (Å²) < 4.78 is 27.8. The Labute approximate surface area is 148 Å². The molecule has 1 saturated carbocycles. The molecule has 0 aromatic heterocycles. The Hall–Kier alpha value is -1.43. The second-order valence-corrected chi connectivity index (χ2v) is 7.88. The van der Waals surface area contributed by atoms with Crippen molar-refractivity contribution >= 4 is 22.2 Å². The maximum Gasteiger partial charge on any atom is 0.317 e. The van der Waals surface area contributed by atoms with E-state index in [2.05, 4.69) is 20.1 Å². The van der Waals surface area contributed by atoms with Crippen molar-refractivity contribution in [2.75, 3.05) is 26.2 Å². The quantitative estimate of drug-likeness (QED) is 0.293. The van der Waals surface area contributed by atoms with Gasteiger partial charge in [0.25, 0.3) is 10.2 Å². The molecule has 146 valence electrons. The van der Waals surface area contributed by atoms with Crippen LogP contribution in [0.3, 0.4) is 0 Å². The summed E-state index contributed by atoms with van der Waals surface area (Å²) in [6.45, 7) is 6.25. The molecule has 25 heavy (non-hydrogen) atoms. The Morgan fingerprint density at radius 1 is 1.24 bits per heavy atom. The van der Waals surface area contributed by atoms with Crippen LogP contribution < -0.4 is 20.1 Å². The second kappa shape index (κ2) is 9.90. The third kappa shape index (κ3) is 8.47. The van der Waals surface area contributed by atoms with Gasteiger partial charge in [0.15, 0.2) is 0 Å². The first kappa shape index (κ1) is 21.6. The van der Waals surface area contributed by atoms with Crippen LogP contribution in [-0.4, -0.2) is 74.7 Å². The summed E-state index contributed by atoms with van der Waals surface area (Å²) in [6.07, 6.45) is 1.42. The SMILES string of the molecule is CCN(CC(=O)O)C1CC(NC(=O)NCCNS(=O)(=O)NC(C)C)C1. The minimum Gasteiger partial charge on any atom is -0.480 e. The van der Waals surface area contributed by atoms with E-state index in [1.165, 1.54) is 0 Å². The molecule has 1 aliphatic rings. The van der Waals surface area contributed by atoms with Gasteiger partial charge in [-0.25, -0.2) is 9.52 Å². The maximum absolute atomic E-state index is 11.7. The van der Waals surface area contributed by atoms with Crippen molar-refractivity contribution in [2.45, 2.75) is 51.7 Å². The molecule has 0 atom stereocenters. The van der Waals surface area contributed by atoms with E-state index in [4.69, 9.17) is 5.11 Å². The lowest BCUT2D eigenvalue weighted by Gasteiger charge is -2.42. The van der Waals surface area contributed by atoms with E-state index in [0.29, 0.717) is 19.4 Å². The van der Waals surface area contributed by atoms with Crippen LogP contribution in [0.25, 0.3) is 0 Å². The number of rotatable bonds is 11. The van der Waals surface area contributed by atoms with Crippen molar-refractivity contribution in [3.63, 3.8) is 0 Å². The van der Waals surface area contributed by atoms with E-state index < -0.39 is 16.2 Å². The van der Waals surface area contributed by atoms with Gasteiger partial charge in [0.05, 0.1) is 6.54 Å². The van der Waals surface area contributed by atoms with E-state index in [0.717, 1.165) is 0 Å². The van der Waals surface area contributed by atoms with Crippen molar-refractivity contribution in [1.82, 2.24) is 25.0 Å². The van der Waals surface area contributed by atoms with E-state index in [1.807, 2.05) is 11.8 Å². The molecule has 0 saturated heterocycles. The third-order valence-electron chi connectivity index (χ3n) is 3.80. The van der Waals surface area contributed by atoms with E-state index in [1.54, 1.807) is 13.8 Å². The summed E-state index contributed by atoms with van der Waals surface area (Å²) in [5.74, 6) is -0.856. The number of urea groups is 1. The smallest absolute Gasteiger partial charge is 0.317 e. The van der Waals surface area contributed by atoms with Gasteiger partial charge in [0.1, 0.15) is 0 Å². The minimum absolute atomic E-state index is 0.00460. The minimum atomic E-state index is -3.55. The molecule has 0 spiro atoms. The molecular weight excluding hydrogens is 350 g/mol. The van der Waals surface area contributed by atoms with Crippen LogP contribution in [0.15, 0.2) is 0 Å². The lowest BCUT2D eigenvalue weighted by Crippen LogP contribution is -2.56. The number of nitrogens with zero attached hydrogens (tertiary/aromatic N) is 1. The van der Waals surface area contributed by atoms with Crippen LogP contribution in [0.1, 0.15) is 33.6 Å². The van der Waals surface area contributed by atoms with E-state index in [-0.39, 0.29) is 43.8 Å². The summed E-state index contributed by atoms with van der Waals surface area (Å²) in [4.78, 5) is 24.4. The molecule has 5 N–H and O–H groups in total. The van der Waals surface area contributed by atoms with Crippen molar-refractivity contribution < 1.29 is 23.1 Å². The zero-order valence-corrected chi connectivity index (χ0v) is 15.7. The largest absolute Gasteiger partial charge is 0.480 e. The van der Waals surface area contributed by atoms with Gasteiger partial charge in [-0.1, -0.05) is 6.92 Å². The molecule has 1 rings (SSSR count). The van der Waals surface area contributed by atoms with Crippen molar-refractivity contribution in [3.05, 3.63) is 0 Å². The Bertz CT molecular complexity index is 548. The molecule has 0 bridgehead atoms. The molecule has 0 unspecified atom stereocenters. The molecule has 11 heteroatoms. The standard InChI is InChI=1S/C14H29N5O5S/c1-4-19(9-13(20)21)12-7-11(8-12)17-14(22)15-5-6-16-25(23,24)18-10(2)3/h10-12,16,18H,4-9H2,1-3H3,(H,20,21)(H2,15,17,22). The molecule has 10 nitrogen and oxygen atoms in total. The molecule has 0 heterocycles. The number of carbonyl (C=O) groups is 2. The fourth-order valence-corrected chi connectivity index (χ4v) is 3.70. The highest BCUT2D eigenvalue weighted by atomic mass is 32.2. The predicted octanol–water partition coefficient (Wildman–Crippen LogP) is -0.944.